The van der Waals surface area contributed by atoms with E-state index in [2.05, 4.69) is 22.0 Å². The molecule has 6 rings (SSSR count). The van der Waals surface area contributed by atoms with Gasteiger partial charge in [-0.2, -0.15) is 5.10 Å². The molecule has 9 nitrogen and oxygen atoms in total. The first-order valence-electron chi connectivity index (χ1n) is 14.4. The summed E-state index contributed by atoms with van der Waals surface area (Å²) in [5.74, 6) is 1.75. The van der Waals surface area contributed by atoms with Gasteiger partial charge in [-0.1, -0.05) is 43.3 Å². The third kappa shape index (κ3) is 5.76. The predicted octanol–water partition coefficient (Wildman–Crippen LogP) is 4.97. The smallest absolute Gasteiger partial charge is 0.288 e. The highest BCUT2D eigenvalue weighted by Crippen LogP contribution is 2.36. The van der Waals surface area contributed by atoms with Crippen LogP contribution in [0.4, 0.5) is 5.82 Å². The first-order valence-corrected chi connectivity index (χ1v) is 14.4. The number of carbonyl (C=O) groups is 1. The summed E-state index contributed by atoms with van der Waals surface area (Å²) in [4.78, 5) is 30.5. The Balaban J connectivity index is 1.25. The predicted molar refractivity (Wildman–Crippen MR) is 161 cm³/mol. The minimum absolute atomic E-state index is 0.0160. The SMILES string of the molecule is CCN(CC=CC(=O)N1CCC[C@@H](n2cc(-c3ccc(Oc4ccccc4)cc3)c3c(N)n[nH]c(=O)c32)C1)C1CC1. The number of likely N-dealkylation sites (tertiary alicyclic amines) is 1. The van der Waals surface area contributed by atoms with Crippen LogP contribution in [-0.2, 0) is 4.79 Å². The van der Waals surface area contributed by atoms with Crippen LogP contribution in [-0.4, -0.2) is 62.7 Å². The summed E-state index contributed by atoms with van der Waals surface area (Å²) in [6, 6.07) is 17.9. The Hall–Kier alpha value is -4.37. The lowest BCUT2D eigenvalue weighted by atomic mass is 10.1. The van der Waals surface area contributed by atoms with Crippen molar-refractivity contribution in [1.82, 2.24) is 24.6 Å². The van der Waals surface area contributed by atoms with Gasteiger partial charge in [-0.25, -0.2) is 5.10 Å². The summed E-state index contributed by atoms with van der Waals surface area (Å²) in [6.45, 7) is 5.18. The second kappa shape index (κ2) is 11.6. The third-order valence-corrected chi connectivity index (χ3v) is 8.10. The lowest BCUT2D eigenvalue weighted by Gasteiger charge is -2.33. The first-order chi connectivity index (χ1) is 20.0. The largest absolute Gasteiger partial charge is 0.457 e. The molecule has 9 heteroatoms. The average molecular weight is 553 g/mol. The molecule has 0 radical (unpaired) electrons. The molecule has 1 aliphatic heterocycles. The molecule has 1 saturated carbocycles. The van der Waals surface area contributed by atoms with Gasteiger partial charge in [0.25, 0.3) is 5.56 Å². The van der Waals surface area contributed by atoms with Crippen molar-refractivity contribution in [3.63, 3.8) is 0 Å². The lowest BCUT2D eigenvalue weighted by molar-refractivity contribution is -0.127. The summed E-state index contributed by atoms with van der Waals surface area (Å²) in [5, 5.41) is 7.23. The van der Waals surface area contributed by atoms with Crippen molar-refractivity contribution >= 4 is 22.6 Å². The zero-order valence-electron chi connectivity index (χ0n) is 23.3. The molecule has 1 amide bonds. The maximum atomic E-state index is 13.1. The molecule has 2 aromatic heterocycles. The van der Waals surface area contributed by atoms with Crippen molar-refractivity contribution in [1.29, 1.82) is 0 Å². The number of nitrogens with two attached hydrogens (primary N) is 1. The molecule has 0 unspecified atom stereocenters. The van der Waals surface area contributed by atoms with Crippen LogP contribution >= 0.6 is 0 Å². The highest BCUT2D eigenvalue weighted by atomic mass is 16.5. The van der Waals surface area contributed by atoms with E-state index in [1.54, 1.807) is 6.08 Å². The van der Waals surface area contributed by atoms with Gasteiger partial charge in [0.1, 0.15) is 17.0 Å². The minimum Gasteiger partial charge on any atom is -0.457 e. The number of ether oxygens (including phenoxy) is 1. The highest BCUT2D eigenvalue weighted by molar-refractivity contribution is 6.02. The van der Waals surface area contributed by atoms with Crippen molar-refractivity contribution in [2.75, 3.05) is 31.9 Å². The van der Waals surface area contributed by atoms with Gasteiger partial charge in [0, 0.05) is 43.5 Å². The van der Waals surface area contributed by atoms with Crippen molar-refractivity contribution in [3.8, 4) is 22.6 Å². The van der Waals surface area contributed by atoms with Gasteiger partial charge < -0.3 is 19.9 Å². The summed E-state index contributed by atoms with van der Waals surface area (Å²) < 4.78 is 7.94. The summed E-state index contributed by atoms with van der Waals surface area (Å²) in [5.41, 5.74) is 8.24. The summed E-state index contributed by atoms with van der Waals surface area (Å²) in [6.07, 6.45) is 9.88. The zero-order valence-corrected chi connectivity index (χ0v) is 23.3. The monoisotopic (exact) mass is 552 g/mol. The van der Waals surface area contributed by atoms with Crippen LogP contribution in [0.2, 0.25) is 0 Å². The van der Waals surface area contributed by atoms with E-state index >= 15 is 0 Å². The number of hydrogen-bond donors (Lipinski definition) is 2. The van der Waals surface area contributed by atoms with Gasteiger partial charge in [0.2, 0.25) is 5.91 Å². The van der Waals surface area contributed by atoms with Gasteiger partial charge in [0.05, 0.1) is 11.4 Å². The maximum Gasteiger partial charge on any atom is 0.288 e. The van der Waals surface area contributed by atoms with Crippen molar-refractivity contribution in [3.05, 3.63) is 83.3 Å². The van der Waals surface area contributed by atoms with Crippen LogP contribution in [0.3, 0.4) is 0 Å². The number of rotatable bonds is 9. The molecular formula is C32H36N6O3. The Kier molecular flexibility index (Phi) is 7.61. The zero-order chi connectivity index (χ0) is 28.3. The molecule has 41 heavy (non-hydrogen) atoms. The van der Waals surface area contributed by atoms with E-state index in [9.17, 15) is 9.59 Å². The number of aromatic amines is 1. The van der Waals surface area contributed by atoms with E-state index in [4.69, 9.17) is 10.5 Å². The summed E-state index contributed by atoms with van der Waals surface area (Å²) >= 11 is 0. The lowest BCUT2D eigenvalue weighted by Crippen LogP contribution is -2.40. The van der Waals surface area contributed by atoms with Gasteiger partial charge >= 0.3 is 0 Å². The fourth-order valence-electron chi connectivity index (χ4n) is 5.82. The Morgan fingerprint density at radius 3 is 2.61 bits per heavy atom. The number of piperidine rings is 1. The standard InChI is InChI=1S/C32H36N6O3/c1-2-36(23-14-15-23)18-7-11-28(39)37-19-6-8-24(20-37)38-21-27(29-30(38)32(40)35-34-31(29)33)22-12-16-26(17-13-22)41-25-9-4-3-5-10-25/h3-5,7,9-13,16-17,21,23-24H,2,6,8,14-15,18-20H2,1H3,(H2,33,34)(H,35,40)/t24-/m1/s1. The topological polar surface area (TPSA) is 109 Å². The molecule has 3 heterocycles. The number of aromatic nitrogens is 3. The molecule has 2 fully saturated rings. The third-order valence-electron chi connectivity index (χ3n) is 8.10. The van der Waals surface area contributed by atoms with Crippen LogP contribution in [0.5, 0.6) is 11.5 Å². The average Bonchev–Trinajstić information content (AvgIpc) is 3.76. The van der Waals surface area contributed by atoms with E-state index < -0.39 is 0 Å². The number of hydrogen-bond acceptors (Lipinski definition) is 6. The van der Waals surface area contributed by atoms with Crippen LogP contribution in [0, 0.1) is 0 Å². The molecule has 3 N–H and O–H groups in total. The van der Waals surface area contributed by atoms with Gasteiger partial charge in [-0.3, -0.25) is 14.5 Å². The molecule has 212 valence electrons. The normalized spacial score (nSPS) is 17.5. The van der Waals surface area contributed by atoms with E-state index in [1.807, 2.05) is 76.3 Å². The molecule has 4 aromatic rings. The number of fused-ring (bicyclic) bond motifs is 1. The second-order valence-electron chi connectivity index (χ2n) is 10.9. The number of likely N-dealkylation sites (N-methyl/N-ethyl adjacent to an activating group) is 1. The molecule has 1 aliphatic carbocycles. The minimum atomic E-state index is -0.299. The molecule has 0 spiro atoms. The van der Waals surface area contributed by atoms with E-state index in [1.165, 1.54) is 12.8 Å². The quantitative estimate of drug-likeness (QED) is 0.284. The van der Waals surface area contributed by atoms with Gasteiger partial charge in [-0.15, -0.1) is 0 Å². The summed E-state index contributed by atoms with van der Waals surface area (Å²) in [7, 11) is 0. The second-order valence-corrected chi connectivity index (χ2v) is 10.9. The van der Waals surface area contributed by atoms with Crippen LogP contribution in [0.1, 0.15) is 38.6 Å². The maximum absolute atomic E-state index is 13.1. The van der Waals surface area contributed by atoms with Crippen LogP contribution < -0.4 is 16.0 Å². The van der Waals surface area contributed by atoms with E-state index in [-0.39, 0.29) is 23.3 Å². The number of anilines is 1. The van der Waals surface area contributed by atoms with Gasteiger partial charge in [-0.05, 0) is 62.1 Å². The molecule has 2 aromatic carbocycles. The van der Waals surface area contributed by atoms with Crippen LogP contribution in [0.15, 0.2) is 77.7 Å². The number of amides is 1. The van der Waals surface area contributed by atoms with Crippen molar-refractivity contribution in [2.45, 2.75) is 44.7 Å². The number of benzene rings is 2. The van der Waals surface area contributed by atoms with Crippen LogP contribution in [0.25, 0.3) is 22.0 Å². The number of para-hydroxylation sites is 1. The van der Waals surface area contributed by atoms with E-state index in [0.29, 0.717) is 35.8 Å². The van der Waals surface area contributed by atoms with Crippen molar-refractivity contribution in [2.24, 2.45) is 0 Å². The molecule has 1 saturated heterocycles. The Labute approximate surface area is 239 Å². The fourth-order valence-corrected chi connectivity index (χ4v) is 5.82. The number of nitrogen functional groups attached to an aromatic ring is 1. The Bertz CT molecular complexity index is 1600. The number of nitrogens with zero attached hydrogens (tertiary/aromatic N) is 4. The molecule has 0 bridgehead atoms. The number of nitrogens with one attached hydrogen (secondary N) is 1. The number of carbonyl (C=O) groups excluding carboxylic acids is 1. The highest BCUT2D eigenvalue weighted by Gasteiger charge is 2.29. The molecule has 1 atom stereocenters. The molecular weight excluding hydrogens is 516 g/mol. The van der Waals surface area contributed by atoms with E-state index in [0.717, 1.165) is 42.8 Å². The fraction of sp³-hybridized carbons (Fsp3) is 0.344. The first kappa shape index (κ1) is 26.8. The number of H-pyrrole nitrogens is 1. The van der Waals surface area contributed by atoms with Crippen molar-refractivity contribution < 1.29 is 9.53 Å². The Morgan fingerprint density at radius 2 is 1.88 bits per heavy atom. The Morgan fingerprint density at radius 1 is 1.12 bits per heavy atom. The van der Waals surface area contributed by atoms with Gasteiger partial charge in [0.15, 0.2) is 5.82 Å². The molecule has 2 aliphatic rings.